The molecule has 3 heterocycles. The average Bonchev–Trinajstić information content (AvgIpc) is 2.86. The van der Waals surface area contributed by atoms with Crippen molar-refractivity contribution in [3.05, 3.63) is 16.5 Å². The number of hydrogen-bond donors (Lipinski definition) is 0. The SMILES string of the molecule is Clc1ncnc2sc(C3CCCS3)nc12. The Kier molecular flexibility index (Phi) is 2.54. The topological polar surface area (TPSA) is 38.7 Å². The van der Waals surface area contributed by atoms with Gasteiger partial charge >= 0.3 is 0 Å². The number of halogens is 1. The molecule has 3 nitrogen and oxygen atoms in total. The van der Waals surface area contributed by atoms with Gasteiger partial charge in [0.1, 0.15) is 21.7 Å². The zero-order chi connectivity index (χ0) is 10.3. The number of aromatic nitrogens is 3. The van der Waals surface area contributed by atoms with Crippen LogP contribution < -0.4 is 0 Å². The first kappa shape index (κ1) is 9.81. The van der Waals surface area contributed by atoms with Gasteiger partial charge in [-0.05, 0) is 18.6 Å². The Morgan fingerprint density at radius 3 is 3.07 bits per heavy atom. The lowest BCUT2D eigenvalue weighted by molar-refractivity contribution is 0.825. The van der Waals surface area contributed by atoms with E-state index in [-0.39, 0.29) is 0 Å². The summed E-state index contributed by atoms with van der Waals surface area (Å²) in [5.41, 5.74) is 0.756. The molecular weight excluding hydrogens is 250 g/mol. The molecule has 2 aromatic rings. The summed E-state index contributed by atoms with van der Waals surface area (Å²) in [5.74, 6) is 1.24. The van der Waals surface area contributed by atoms with Gasteiger partial charge in [0.15, 0.2) is 5.15 Å². The molecule has 1 unspecified atom stereocenters. The summed E-state index contributed by atoms with van der Waals surface area (Å²) in [7, 11) is 0. The van der Waals surface area contributed by atoms with Crippen molar-refractivity contribution in [1.29, 1.82) is 0 Å². The second-order valence-corrected chi connectivity index (χ2v) is 6.05. The zero-order valence-corrected chi connectivity index (χ0v) is 10.2. The summed E-state index contributed by atoms with van der Waals surface area (Å²) in [6, 6.07) is 0. The van der Waals surface area contributed by atoms with Crippen LogP contribution in [0.25, 0.3) is 10.3 Å². The van der Waals surface area contributed by atoms with Crippen LogP contribution in [-0.2, 0) is 0 Å². The van der Waals surface area contributed by atoms with Crippen LogP contribution in [0, 0.1) is 0 Å². The van der Waals surface area contributed by atoms with Crippen molar-refractivity contribution in [1.82, 2.24) is 15.0 Å². The fraction of sp³-hybridized carbons (Fsp3) is 0.444. The van der Waals surface area contributed by atoms with Gasteiger partial charge in [-0.15, -0.1) is 0 Å². The number of hydrogen-bond acceptors (Lipinski definition) is 5. The Morgan fingerprint density at radius 2 is 2.33 bits per heavy atom. The van der Waals surface area contributed by atoms with Crippen LogP contribution in [-0.4, -0.2) is 20.7 Å². The highest BCUT2D eigenvalue weighted by atomic mass is 35.5. The molecule has 0 aromatic carbocycles. The Morgan fingerprint density at radius 1 is 1.40 bits per heavy atom. The normalized spacial score (nSPS) is 21.3. The third kappa shape index (κ3) is 1.73. The van der Waals surface area contributed by atoms with E-state index in [1.54, 1.807) is 11.3 Å². The molecule has 0 N–H and O–H groups in total. The first-order chi connectivity index (χ1) is 7.34. The minimum atomic E-state index is 0.463. The van der Waals surface area contributed by atoms with Crippen LogP contribution in [0.2, 0.25) is 5.15 Å². The molecule has 0 aliphatic carbocycles. The smallest absolute Gasteiger partial charge is 0.159 e. The van der Waals surface area contributed by atoms with Crippen LogP contribution in [0.3, 0.4) is 0 Å². The van der Waals surface area contributed by atoms with Gasteiger partial charge in [0.05, 0.1) is 5.25 Å². The van der Waals surface area contributed by atoms with Gasteiger partial charge in [-0.1, -0.05) is 22.9 Å². The number of fused-ring (bicyclic) bond motifs is 1. The van der Waals surface area contributed by atoms with Crippen molar-refractivity contribution in [2.45, 2.75) is 18.1 Å². The number of rotatable bonds is 1. The van der Waals surface area contributed by atoms with Crippen molar-refractivity contribution >= 4 is 45.0 Å². The van der Waals surface area contributed by atoms with Crippen LogP contribution in [0.4, 0.5) is 0 Å². The molecular formula is C9H8ClN3S2. The highest BCUT2D eigenvalue weighted by molar-refractivity contribution is 7.99. The summed E-state index contributed by atoms with van der Waals surface area (Å²) in [5, 5.41) is 2.15. The molecule has 1 aliphatic rings. The van der Waals surface area contributed by atoms with Gasteiger partial charge < -0.3 is 0 Å². The Hall–Kier alpha value is -0.390. The van der Waals surface area contributed by atoms with E-state index < -0.39 is 0 Å². The van der Waals surface area contributed by atoms with Crippen LogP contribution >= 0.6 is 34.7 Å². The fourth-order valence-electron chi connectivity index (χ4n) is 1.65. The van der Waals surface area contributed by atoms with E-state index in [1.165, 1.54) is 24.9 Å². The lowest BCUT2D eigenvalue weighted by atomic mass is 10.3. The van der Waals surface area contributed by atoms with Gasteiger partial charge in [-0.25, -0.2) is 15.0 Å². The van der Waals surface area contributed by atoms with E-state index in [0.717, 1.165) is 15.4 Å². The Balaban J connectivity index is 2.09. The summed E-state index contributed by atoms with van der Waals surface area (Å²) >= 11 is 9.58. The second kappa shape index (κ2) is 3.88. The molecule has 1 saturated heterocycles. The maximum atomic E-state index is 5.96. The maximum Gasteiger partial charge on any atom is 0.159 e. The van der Waals surface area contributed by atoms with E-state index in [0.29, 0.717) is 10.4 Å². The highest BCUT2D eigenvalue weighted by Crippen LogP contribution is 2.42. The number of nitrogens with zero attached hydrogens (tertiary/aromatic N) is 3. The van der Waals surface area contributed by atoms with Crippen molar-refractivity contribution in [3.63, 3.8) is 0 Å². The maximum absolute atomic E-state index is 5.96. The van der Waals surface area contributed by atoms with E-state index in [1.807, 2.05) is 11.8 Å². The molecule has 0 radical (unpaired) electrons. The van der Waals surface area contributed by atoms with Crippen molar-refractivity contribution in [3.8, 4) is 0 Å². The monoisotopic (exact) mass is 257 g/mol. The molecule has 1 fully saturated rings. The fourth-order valence-corrected chi connectivity index (χ4v) is 4.30. The first-order valence-corrected chi connectivity index (χ1v) is 6.97. The second-order valence-electron chi connectivity index (χ2n) is 3.37. The van der Waals surface area contributed by atoms with Gasteiger partial charge in [-0.3, -0.25) is 0 Å². The van der Waals surface area contributed by atoms with Crippen molar-refractivity contribution in [2.24, 2.45) is 0 Å². The van der Waals surface area contributed by atoms with Gasteiger partial charge in [0, 0.05) is 0 Å². The van der Waals surface area contributed by atoms with Gasteiger partial charge in [-0.2, -0.15) is 11.8 Å². The average molecular weight is 258 g/mol. The van der Waals surface area contributed by atoms with Gasteiger partial charge in [0.25, 0.3) is 0 Å². The standard InChI is InChI=1S/C9H8ClN3S2/c10-7-6-9(12-4-11-7)15-8(13-6)5-2-1-3-14-5/h4-5H,1-3H2. The molecule has 3 rings (SSSR count). The summed E-state index contributed by atoms with van der Waals surface area (Å²) in [6.07, 6.45) is 3.99. The Labute approximate surface area is 100 Å². The van der Waals surface area contributed by atoms with Crippen molar-refractivity contribution in [2.75, 3.05) is 5.75 Å². The molecule has 6 heteroatoms. The minimum Gasteiger partial charge on any atom is -0.235 e. The molecule has 0 saturated carbocycles. The van der Waals surface area contributed by atoms with Crippen LogP contribution in [0.5, 0.6) is 0 Å². The molecule has 1 aliphatic heterocycles. The molecule has 0 amide bonds. The van der Waals surface area contributed by atoms with E-state index >= 15 is 0 Å². The lowest BCUT2D eigenvalue weighted by Crippen LogP contribution is -1.86. The predicted octanol–water partition coefficient (Wildman–Crippen LogP) is 3.31. The molecule has 15 heavy (non-hydrogen) atoms. The largest absolute Gasteiger partial charge is 0.235 e. The summed E-state index contributed by atoms with van der Waals surface area (Å²) in [6.45, 7) is 0. The van der Waals surface area contributed by atoms with E-state index in [2.05, 4.69) is 15.0 Å². The number of thiazole rings is 1. The van der Waals surface area contributed by atoms with E-state index in [4.69, 9.17) is 11.6 Å². The zero-order valence-electron chi connectivity index (χ0n) is 7.81. The lowest BCUT2D eigenvalue weighted by Gasteiger charge is -2.00. The molecule has 0 spiro atoms. The third-order valence-corrected chi connectivity index (χ3v) is 5.26. The predicted molar refractivity (Wildman–Crippen MR) is 64.7 cm³/mol. The molecule has 1 atom stereocenters. The van der Waals surface area contributed by atoms with E-state index in [9.17, 15) is 0 Å². The third-order valence-electron chi connectivity index (χ3n) is 2.37. The van der Waals surface area contributed by atoms with Crippen LogP contribution in [0.15, 0.2) is 6.33 Å². The molecule has 2 aromatic heterocycles. The quantitative estimate of drug-likeness (QED) is 0.735. The van der Waals surface area contributed by atoms with Crippen molar-refractivity contribution < 1.29 is 0 Å². The molecule has 78 valence electrons. The minimum absolute atomic E-state index is 0.463. The summed E-state index contributed by atoms with van der Waals surface area (Å²) in [4.78, 5) is 13.6. The number of thioether (sulfide) groups is 1. The van der Waals surface area contributed by atoms with Crippen LogP contribution in [0.1, 0.15) is 23.1 Å². The highest BCUT2D eigenvalue weighted by Gasteiger charge is 2.22. The molecule has 0 bridgehead atoms. The Bertz CT molecular complexity index is 493. The first-order valence-electron chi connectivity index (χ1n) is 4.73. The summed E-state index contributed by atoms with van der Waals surface area (Å²) < 4.78 is 0. The van der Waals surface area contributed by atoms with Gasteiger partial charge in [0.2, 0.25) is 0 Å².